The maximum Gasteiger partial charge on any atom is 0.269 e. The molecule has 6 nitrogen and oxygen atoms in total. The molecular formula is C21H17N3O3. The molecule has 3 rings (SSSR count). The summed E-state index contributed by atoms with van der Waals surface area (Å²) < 4.78 is 5.76. The van der Waals surface area contributed by atoms with E-state index in [4.69, 9.17) is 4.74 Å². The molecule has 0 spiro atoms. The van der Waals surface area contributed by atoms with Crippen LogP contribution in [-0.4, -0.2) is 4.92 Å². The van der Waals surface area contributed by atoms with Gasteiger partial charge in [0.15, 0.2) is 0 Å². The summed E-state index contributed by atoms with van der Waals surface area (Å²) in [5, 5.41) is 18.8. The minimum absolute atomic E-state index is 0.0228. The lowest BCUT2D eigenvalue weighted by molar-refractivity contribution is -0.384. The fourth-order valence-corrected chi connectivity index (χ4v) is 2.28. The van der Waals surface area contributed by atoms with E-state index in [-0.39, 0.29) is 5.69 Å². The third-order valence-electron chi connectivity index (χ3n) is 3.80. The van der Waals surface area contributed by atoms with Gasteiger partial charge in [-0.1, -0.05) is 36.9 Å². The van der Waals surface area contributed by atoms with Gasteiger partial charge in [-0.05, 0) is 47.5 Å². The zero-order valence-electron chi connectivity index (χ0n) is 14.5. The Bertz CT molecular complexity index is 947. The summed E-state index contributed by atoms with van der Waals surface area (Å²) >= 11 is 0. The molecule has 0 radical (unpaired) electrons. The summed E-state index contributed by atoms with van der Waals surface area (Å²) in [4.78, 5) is 10.2. The van der Waals surface area contributed by atoms with E-state index in [1.54, 1.807) is 30.3 Å². The van der Waals surface area contributed by atoms with E-state index in [9.17, 15) is 10.1 Å². The van der Waals surface area contributed by atoms with E-state index >= 15 is 0 Å². The molecule has 0 aromatic heterocycles. The molecule has 3 aromatic rings. The smallest absolute Gasteiger partial charge is 0.269 e. The molecule has 134 valence electrons. The first-order chi connectivity index (χ1) is 13.1. The summed E-state index contributed by atoms with van der Waals surface area (Å²) in [6.07, 6.45) is 1.80. The van der Waals surface area contributed by atoms with Crippen LogP contribution in [0.3, 0.4) is 0 Å². The average Bonchev–Trinajstić information content (AvgIpc) is 2.72. The van der Waals surface area contributed by atoms with E-state index in [1.807, 2.05) is 36.4 Å². The van der Waals surface area contributed by atoms with E-state index in [0.29, 0.717) is 18.0 Å². The van der Waals surface area contributed by atoms with Gasteiger partial charge in [0, 0.05) is 12.1 Å². The fraction of sp³-hybridized carbons (Fsp3) is 0.0476. The normalized spacial score (nSPS) is 10.7. The van der Waals surface area contributed by atoms with E-state index in [1.165, 1.54) is 12.1 Å². The summed E-state index contributed by atoms with van der Waals surface area (Å²) in [5.74, 6) is 0.733. The van der Waals surface area contributed by atoms with Gasteiger partial charge in [0.1, 0.15) is 12.4 Å². The number of rotatable bonds is 7. The van der Waals surface area contributed by atoms with Gasteiger partial charge in [0.05, 0.1) is 16.3 Å². The molecule has 0 bridgehead atoms. The average molecular weight is 359 g/mol. The highest BCUT2D eigenvalue weighted by Crippen LogP contribution is 2.23. The molecule has 0 N–H and O–H groups in total. The summed E-state index contributed by atoms with van der Waals surface area (Å²) in [6, 6.07) is 21.1. The largest absolute Gasteiger partial charge is 0.489 e. The SMILES string of the molecule is C=Cc1ccc(COc2ccc(N=Nc3ccc([N+](=O)[O-])cc3)cc2)cc1. The number of hydrogen-bond acceptors (Lipinski definition) is 5. The number of azo groups is 1. The van der Waals surface area contributed by atoms with E-state index in [0.717, 1.165) is 16.9 Å². The van der Waals surface area contributed by atoms with Crippen molar-refractivity contribution in [2.24, 2.45) is 10.2 Å². The van der Waals surface area contributed by atoms with Crippen molar-refractivity contribution in [3.63, 3.8) is 0 Å². The Kier molecular flexibility index (Phi) is 5.69. The molecule has 0 unspecified atom stereocenters. The van der Waals surface area contributed by atoms with Crippen molar-refractivity contribution < 1.29 is 9.66 Å². The first-order valence-corrected chi connectivity index (χ1v) is 8.24. The molecule has 0 aliphatic heterocycles. The molecule has 0 heterocycles. The molecule has 27 heavy (non-hydrogen) atoms. The predicted octanol–water partition coefficient (Wildman–Crippen LogP) is 6.23. The zero-order valence-corrected chi connectivity index (χ0v) is 14.5. The zero-order chi connectivity index (χ0) is 19.1. The van der Waals surface area contributed by atoms with Gasteiger partial charge in [-0.3, -0.25) is 10.1 Å². The Morgan fingerprint density at radius 1 is 0.889 bits per heavy atom. The van der Waals surface area contributed by atoms with Crippen molar-refractivity contribution in [2.45, 2.75) is 6.61 Å². The van der Waals surface area contributed by atoms with Crippen LogP contribution in [0.15, 0.2) is 89.6 Å². The van der Waals surface area contributed by atoms with Gasteiger partial charge in [0.25, 0.3) is 5.69 Å². The number of ether oxygens (including phenoxy) is 1. The monoisotopic (exact) mass is 359 g/mol. The number of nitro groups is 1. The van der Waals surface area contributed by atoms with Crippen molar-refractivity contribution in [1.82, 2.24) is 0 Å². The van der Waals surface area contributed by atoms with Crippen LogP contribution in [0.5, 0.6) is 5.75 Å². The van der Waals surface area contributed by atoms with Gasteiger partial charge >= 0.3 is 0 Å². The molecular weight excluding hydrogens is 342 g/mol. The highest BCUT2D eigenvalue weighted by Gasteiger charge is 2.03. The van der Waals surface area contributed by atoms with Crippen LogP contribution in [0.4, 0.5) is 17.1 Å². The van der Waals surface area contributed by atoms with Crippen molar-refractivity contribution in [2.75, 3.05) is 0 Å². The Morgan fingerprint density at radius 3 is 1.96 bits per heavy atom. The predicted molar refractivity (Wildman–Crippen MR) is 105 cm³/mol. The summed E-state index contributed by atoms with van der Waals surface area (Å²) in [6.45, 7) is 4.21. The van der Waals surface area contributed by atoms with E-state index < -0.39 is 4.92 Å². The second-order valence-corrected chi connectivity index (χ2v) is 5.70. The molecule has 0 aliphatic rings. The Hall–Kier alpha value is -3.80. The molecule has 0 saturated carbocycles. The van der Waals surface area contributed by atoms with Crippen molar-refractivity contribution >= 4 is 23.1 Å². The van der Waals surface area contributed by atoms with Crippen LogP contribution in [-0.2, 0) is 6.61 Å². The first kappa shape index (κ1) is 18.0. The highest BCUT2D eigenvalue weighted by atomic mass is 16.6. The summed E-state index contributed by atoms with van der Waals surface area (Å²) in [5.41, 5.74) is 3.37. The highest BCUT2D eigenvalue weighted by molar-refractivity contribution is 5.47. The topological polar surface area (TPSA) is 77.1 Å². The lowest BCUT2D eigenvalue weighted by atomic mass is 10.1. The van der Waals surface area contributed by atoms with Crippen LogP contribution in [0.1, 0.15) is 11.1 Å². The number of benzene rings is 3. The van der Waals surface area contributed by atoms with Crippen LogP contribution >= 0.6 is 0 Å². The molecule has 0 saturated heterocycles. The molecule has 0 amide bonds. The summed E-state index contributed by atoms with van der Waals surface area (Å²) in [7, 11) is 0. The molecule has 6 heteroatoms. The first-order valence-electron chi connectivity index (χ1n) is 8.24. The number of non-ortho nitro benzene ring substituents is 1. The minimum atomic E-state index is -0.451. The lowest BCUT2D eigenvalue weighted by Crippen LogP contribution is -1.94. The molecule has 0 fully saturated rings. The number of nitrogens with zero attached hydrogens (tertiary/aromatic N) is 3. The lowest BCUT2D eigenvalue weighted by Gasteiger charge is -2.06. The van der Waals surface area contributed by atoms with Gasteiger partial charge in [0.2, 0.25) is 0 Å². The molecule has 0 atom stereocenters. The van der Waals surface area contributed by atoms with Crippen LogP contribution in [0.25, 0.3) is 6.08 Å². The van der Waals surface area contributed by atoms with Gasteiger partial charge in [-0.25, -0.2) is 0 Å². The van der Waals surface area contributed by atoms with Crippen LogP contribution in [0, 0.1) is 10.1 Å². The van der Waals surface area contributed by atoms with Gasteiger partial charge < -0.3 is 4.74 Å². The Morgan fingerprint density at radius 2 is 1.44 bits per heavy atom. The van der Waals surface area contributed by atoms with Gasteiger partial charge in [-0.15, -0.1) is 0 Å². The maximum atomic E-state index is 10.6. The third kappa shape index (κ3) is 5.09. The second-order valence-electron chi connectivity index (χ2n) is 5.70. The minimum Gasteiger partial charge on any atom is -0.489 e. The molecule has 0 aliphatic carbocycles. The van der Waals surface area contributed by atoms with E-state index in [2.05, 4.69) is 16.8 Å². The third-order valence-corrected chi connectivity index (χ3v) is 3.80. The maximum absolute atomic E-state index is 10.6. The molecule has 3 aromatic carbocycles. The van der Waals surface area contributed by atoms with Crippen molar-refractivity contribution in [1.29, 1.82) is 0 Å². The number of nitro benzene ring substituents is 1. The van der Waals surface area contributed by atoms with Crippen LogP contribution in [0.2, 0.25) is 0 Å². The fourth-order valence-electron chi connectivity index (χ4n) is 2.28. The Balaban J connectivity index is 1.57. The second kappa shape index (κ2) is 8.53. The van der Waals surface area contributed by atoms with Crippen molar-refractivity contribution in [3.8, 4) is 5.75 Å². The van der Waals surface area contributed by atoms with Gasteiger partial charge in [-0.2, -0.15) is 10.2 Å². The van der Waals surface area contributed by atoms with Crippen molar-refractivity contribution in [3.05, 3.63) is 101 Å². The standard InChI is InChI=1S/C21H17N3O3/c1-2-16-3-5-17(6-4-16)15-27-21-13-9-19(10-14-21)23-22-18-7-11-20(12-8-18)24(25)26/h2-14H,1,15H2. The Labute approximate surface area is 156 Å². The van der Waals surface area contributed by atoms with Crippen LogP contribution < -0.4 is 4.74 Å². The quantitative estimate of drug-likeness (QED) is 0.285. The number of hydrogen-bond donors (Lipinski definition) is 0.